The summed E-state index contributed by atoms with van der Waals surface area (Å²) < 4.78 is 26.6. The third kappa shape index (κ3) is 3.06. The van der Waals surface area contributed by atoms with E-state index in [9.17, 15) is 13.6 Å². The molecule has 1 amide bonds. The molecular weight excluding hydrogens is 336 g/mol. The maximum absolute atomic E-state index is 13.5. The summed E-state index contributed by atoms with van der Waals surface area (Å²) in [4.78, 5) is 19.4. The zero-order chi connectivity index (χ0) is 14.7. The number of anilines is 2. The number of nitrogens with one attached hydrogen (secondary N) is 2. The second kappa shape index (κ2) is 5.88. The third-order valence-electron chi connectivity index (χ3n) is 2.29. The summed E-state index contributed by atoms with van der Waals surface area (Å²) in [6.45, 7) is 0. The predicted octanol–water partition coefficient (Wildman–Crippen LogP) is 2.06. The Morgan fingerprint density at radius 2 is 1.95 bits per heavy atom. The van der Waals surface area contributed by atoms with Crippen molar-refractivity contribution < 1.29 is 13.6 Å². The van der Waals surface area contributed by atoms with Crippen LogP contribution >= 0.6 is 15.9 Å². The number of nitrogens with two attached hydrogens (primary N) is 1. The van der Waals surface area contributed by atoms with Crippen molar-refractivity contribution in [3.05, 3.63) is 46.3 Å². The Kier molecular flexibility index (Phi) is 4.20. The van der Waals surface area contributed by atoms with Gasteiger partial charge in [-0.1, -0.05) is 0 Å². The molecule has 0 radical (unpaired) electrons. The number of hydrogen-bond donors (Lipinski definition) is 3. The van der Waals surface area contributed by atoms with E-state index in [-0.39, 0.29) is 21.7 Å². The summed E-state index contributed by atoms with van der Waals surface area (Å²) in [6.07, 6.45) is 2.41. The molecule has 0 aliphatic rings. The molecule has 1 aromatic heterocycles. The van der Waals surface area contributed by atoms with Crippen LogP contribution in [0.4, 0.5) is 20.3 Å². The third-order valence-corrected chi connectivity index (χ3v) is 2.90. The number of benzene rings is 1. The monoisotopic (exact) mass is 343 g/mol. The van der Waals surface area contributed by atoms with Crippen LogP contribution in [0.25, 0.3) is 0 Å². The SMILES string of the molecule is NNc1cnc(C(=O)Nc2cc(Br)c(F)cc2F)cn1. The van der Waals surface area contributed by atoms with Crippen LogP contribution in [-0.2, 0) is 0 Å². The lowest BCUT2D eigenvalue weighted by Crippen LogP contribution is -2.16. The molecule has 20 heavy (non-hydrogen) atoms. The fourth-order valence-corrected chi connectivity index (χ4v) is 1.67. The highest BCUT2D eigenvalue weighted by Gasteiger charge is 2.13. The average Bonchev–Trinajstić information content (AvgIpc) is 2.44. The first-order chi connectivity index (χ1) is 9.51. The lowest BCUT2D eigenvalue weighted by molar-refractivity contribution is 0.102. The molecule has 0 unspecified atom stereocenters. The Morgan fingerprint density at radius 3 is 2.55 bits per heavy atom. The highest BCUT2D eigenvalue weighted by Crippen LogP contribution is 2.23. The van der Waals surface area contributed by atoms with Gasteiger partial charge in [-0.3, -0.25) is 4.79 Å². The lowest BCUT2D eigenvalue weighted by atomic mass is 10.3. The second-order valence-corrected chi connectivity index (χ2v) is 4.49. The quantitative estimate of drug-likeness (QED) is 0.450. The number of hydrogen-bond acceptors (Lipinski definition) is 5. The summed E-state index contributed by atoms with van der Waals surface area (Å²) in [7, 11) is 0. The molecule has 4 N–H and O–H groups in total. The smallest absolute Gasteiger partial charge is 0.275 e. The molecule has 0 spiro atoms. The normalized spacial score (nSPS) is 10.2. The van der Waals surface area contributed by atoms with Gasteiger partial charge in [0.05, 0.1) is 22.6 Å². The molecule has 1 heterocycles. The van der Waals surface area contributed by atoms with Gasteiger partial charge >= 0.3 is 0 Å². The van der Waals surface area contributed by atoms with Gasteiger partial charge in [0.1, 0.15) is 17.3 Å². The molecule has 0 bridgehead atoms. The van der Waals surface area contributed by atoms with Gasteiger partial charge in [0.25, 0.3) is 5.91 Å². The molecule has 0 saturated carbocycles. The Balaban J connectivity index is 2.20. The Labute approximate surface area is 120 Å². The number of nitrogen functional groups attached to an aromatic ring is 1. The number of aromatic nitrogens is 2. The Hall–Kier alpha value is -2.13. The molecule has 6 nitrogen and oxygen atoms in total. The van der Waals surface area contributed by atoms with Crippen LogP contribution in [0.15, 0.2) is 29.0 Å². The minimum Gasteiger partial charge on any atom is -0.318 e. The maximum Gasteiger partial charge on any atom is 0.275 e. The van der Waals surface area contributed by atoms with Crippen molar-refractivity contribution in [3.63, 3.8) is 0 Å². The van der Waals surface area contributed by atoms with E-state index in [2.05, 4.69) is 36.6 Å². The standard InChI is InChI=1S/C11H8BrF2N5O/c12-5-1-8(7(14)2-6(5)13)18-11(20)9-3-17-10(19-15)4-16-9/h1-4H,15H2,(H,17,19)(H,18,20). The van der Waals surface area contributed by atoms with Crippen LogP contribution in [0.5, 0.6) is 0 Å². The molecule has 0 fully saturated rings. The van der Waals surface area contributed by atoms with Gasteiger partial charge in [0.15, 0.2) is 5.82 Å². The summed E-state index contributed by atoms with van der Waals surface area (Å²) in [5, 5.41) is 2.27. The van der Waals surface area contributed by atoms with Crippen LogP contribution in [0.2, 0.25) is 0 Å². The van der Waals surface area contributed by atoms with Crippen molar-refractivity contribution >= 4 is 33.3 Å². The first-order valence-corrected chi connectivity index (χ1v) is 6.05. The number of hydrazine groups is 1. The first-order valence-electron chi connectivity index (χ1n) is 5.26. The van der Waals surface area contributed by atoms with Crippen LogP contribution in [0, 0.1) is 11.6 Å². The largest absolute Gasteiger partial charge is 0.318 e. The van der Waals surface area contributed by atoms with E-state index >= 15 is 0 Å². The summed E-state index contributed by atoms with van der Waals surface area (Å²) in [6, 6.07) is 1.78. The molecule has 0 aliphatic carbocycles. The van der Waals surface area contributed by atoms with Crippen molar-refractivity contribution in [2.75, 3.05) is 10.7 Å². The topological polar surface area (TPSA) is 92.9 Å². The van der Waals surface area contributed by atoms with Gasteiger partial charge in [0.2, 0.25) is 0 Å². The van der Waals surface area contributed by atoms with E-state index in [1.54, 1.807) is 0 Å². The molecule has 104 valence electrons. The van der Waals surface area contributed by atoms with E-state index in [1.807, 2.05) is 0 Å². The molecule has 0 atom stereocenters. The zero-order valence-corrected chi connectivity index (χ0v) is 11.4. The summed E-state index contributed by atoms with van der Waals surface area (Å²) in [5.41, 5.74) is 2.04. The molecule has 2 aromatic rings. The fourth-order valence-electron chi connectivity index (χ4n) is 1.32. The van der Waals surface area contributed by atoms with Crippen molar-refractivity contribution in [1.29, 1.82) is 0 Å². The zero-order valence-electron chi connectivity index (χ0n) is 9.82. The van der Waals surface area contributed by atoms with Gasteiger partial charge in [-0.25, -0.2) is 24.6 Å². The minimum absolute atomic E-state index is 0.0305. The Bertz CT molecular complexity index is 650. The van der Waals surface area contributed by atoms with Crippen molar-refractivity contribution in [3.8, 4) is 0 Å². The summed E-state index contributed by atoms with van der Waals surface area (Å²) in [5.74, 6) is 3.04. The number of nitrogens with zero attached hydrogens (tertiary/aromatic N) is 2. The van der Waals surface area contributed by atoms with Gasteiger partial charge in [-0.2, -0.15) is 0 Å². The van der Waals surface area contributed by atoms with Gasteiger partial charge in [-0.15, -0.1) is 0 Å². The van der Waals surface area contributed by atoms with Gasteiger partial charge in [0, 0.05) is 6.07 Å². The van der Waals surface area contributed by atoms with E-state index in [4.69, 9.17) is 5.84 Å². The van der Waals surface area contributed by atoms with Crippen LogP contribution in [-0.4, -0.2) is 15.9 Å². The lowest BCUT2D eigenvalue weighted by Gasteiger charge is -2.07. The van der Waals surface area contributed by atoms with Crippen LogP contribution < -0.4 is 16.6 Å². The van der Waals surface area contributed by atoms with Gasteiger partial charge in [-0.05, 0) is 22.0 Å². The maximum atomic E-state index is 13.5. The van der Waals surface area contributed by atoms with Crippen LogP contribution in [0.1, 0.15) is 10.5 Å². The molecule has 1 aromatic carbocycles. The minimum atomic E-state index is -0.896. The number of carbonyl (C=O) groups is 1. The van der Waals surface area contributed by atoms with E-state index in [0.717, 1.165) is 6.07 Å². The number of halogens is 3. The van der Waals surface area contributed by atoms with Crippen molar-refractivity contribution in [2.45, 2.75) is 0 Å². The first kappa shape index (κ1) is 14.3. The van der Waals surface area contributed by atoms with Crippen molar-refractivity contribution in [2.24, 2.45) is 5.84 Å². The highest BCUT2D eigenvalue weighted by molar-refractivity contribution is 9.10. The average molecular weight is 344 g/mol. The Morgan fingerprint density at radius 1 is 1.20 bits per heavy atom. The van der Waals surface area contributed by atoms with Gasteiger partial charge < -0.3 is 10.7 Å². The number of rotatable bonds is 3. The van der Waals surface area contributed by atoms with E-state index < -0.39 is 17.5 Å². The van der Waals surface area contributed by atoms with E-state index in [0.29, 0.717) is 6.07 Å². The van der Waals surface area contributed by atoms with E-state index in [1.165, 1.54) is 12.4 Å². The molecule has 2 rings (SSSR count). The van der Waals surface area contributed by atoms with Crippen LogP contribution in [0.3, 0.4) is 0 Å². The second-order valence-electron chi connectivity index (χ2n) is 3.63. The van der Waals surface area contributed by atoms with Crippen molar-refractivity contribution in [1.82, 2.24) is 9.97 Å². The molecule has 9 heteroatoms. The predicted molar refractivity (Wildman–Crippen MR) is 71.9 cm³/mol. The molecule has 0 saturated heterocycles. The number of amides is 1. The number of carbonyl (C=O) groups excluding carboxylic acids is 1. The molecular formula is C11H8BrF2N5O. The summed E-state index contributed by atoms with van der Waals surface area (Å²) >= 11 is 2.90. The highest BCUT2D eigenvalue weighted by atomic mass is 79.9. The fraction of sp³-hybridized carbons (Fsp3) is 0. The molecule has 0 aliphatic heterocycles.